The van der Waals surface area contributed by atoms with Crippen molar-refractivity contribution >= 4 is 23.2 Å². The average Bonchev–Trinajstić information content (AvgIpc) is 2.68. The molecule has 2 rings (SSSR count). The third kappa shape index (κ3) is 5.53. The number of rotatable bonds is 8. The Kier molecular flexibility index (Phi) is 6.87. The summed E-state index contributed by atoms with van der Waals surface area (Å²) >= 11 is 0. The summed E-state index contributed by atoms with van der Waals surface area (Å²) in [5.41, 5.74) is 0.963. The molecular formula is C19H21N3O5. The molecular weight excluding hydrogens is 350 g/mol. The van der Waals surface area contributed by atoms with Gasteiger partial charge in [-0.3, -0.25) is 19.7 Å². The quantitative estimate of drug-likeness (QED) is 0.567. The standard InChI is InChI=1S/C19H21N3O5/c1-3-21(4-2)19(24)14-8-10-15(11-9-14)20-18(23)13-27-17-7-5-6-16(12-17)22(25)26/h5-12H,3-4,13H2,1-2H3,(H,20,23). The van der Waals surface area contributed by atoms with Gasteiger partial charge < -0.3 is 15.0 Å². The molecule has 2 aromatic carbocycles. The van der Waals surface area contributed by atoms with E-state index in [0.29, 0.717) is 24.3 Å². The first-order valence-electron chi connectivity index (χ1n) is 8.51. The predicted octanol–water partition coefficient (Wildman–Crippen LogP) is 3.09. The van der Waals surface area contributed by atoms with Gasteiger partial charge in [0.25, 0.3) is 17.5 Å². The summed E-state index contributed by atoms with van der Waals surface area (Å²) in [4.78, 5) is 36.1. The number of amides is 2. The number of nitrogens with zero attached hydrogens (tertiary/aromatic N) is 2. The highest BCUT2D eigenvalue weighted by Gasteiger charge is 2.13. The van der Waals surface area contributed by atoms with E-state index in [1.807, 2.05) is 13.8 Å². The van der Waals surface area contributed by atoms with Crippen LogP contribution in [0.25, 0.3) is 0 Å². The number of nitro groups is 1. The van der Waals surface area contributed by atoms with Crippen molar-refractivity contribution in [3.05, 3.63) is 64.2 Å². The van der Waals surface area contributed by atoms with E-state index < -0.39 is 10.8 Å². The molecule has 0 aliphatic carbocycles. The van der Waals surface area contributed by atoms with Crippen molar-refractivity contribution in [2.45, 2.75) is 13.8 Å². The Morgan fingerprint density at radius 3 is 2.37 bits per heavy atom. The van der Waals surface area contributed by atoms with E-state index in [9.17, 15) is 19.7 Å². The van der Waals surface area contributed by atoms with Crippen LogP contribution in [-0.2, 0) is 4.79 Å². The molecule has 0 unspecified atom stereocenters. The van der Waals surface area contributed by atoms with Crippen molar-refractivity contribution in [1.82, 2.24) is 4.90 Å². The molecule has 8 heteroatoms. The molecule has 0 bridgehead atoms. The molecule has 0 aromatic heterocycles. The van der Waals surface area contributed by atoms with Gasteiger partial charge in [-0.05, 0) is 44.2 Å². The van der Waals surface area contributed by atoms with Gasteiger partial charge in [0, 0.05) is 30.4 Å². The normalized spacial score (nSPS) is 10.1. The van der Waals surface area contributed by atoms with Gasteiger partial charge in [-0.15, -0.1) is 0 Å². The smallest absolute Gasteiger partial charge is 0.273 e. The minimum Gasteiger partial charge on any atom is -0.484 e. The predicted molar refractivity (Wildman–Crippen MR) is 101 cm³/mol. The second kappa shape index (κ2) is 9.33. The number of nitro benzene ring substituents is 1. The van der Waals surface area contributed by atoms with Gasteiger partial charge >= 0.3 is 0 Å². The fraction of sp³-hybridized carbons (Fsp3) is 0.263. The molecule has 142 valence electrons. The molecule has 0 heterocycles. The zero-order chi connectivity index (χ0) is 19.8. The van der Waals surface area contributed by atoms with Crippen LogP contribution in [0.15, 0.2) is 48.5 Å². The largest absolute Gasteiger partial charge is 0.484 e. The lowest BCUT2D eigenvalue weighted by atomic mass is 10.2. The number of carbonyl (C=O) groups is 2. The SMILES string of the molecule is CCN(CC)C(=O)c1ccc(NC(=O)COc2cccc([N+](=O)[O-])c2)cc1. The molecule has 8 nitrogen and oxygen atoms in total. The molecule has 0 atom stereocenters. The Bertz CT molecular complexity index is 816. The molecule has 2 amide bonds. The minimum atomic E-state index is -0.534. The van der Waals surface area contributed by atoms with Crippen LogP contribution in [0.2, 0.25) is 0 Å². The van der Waals surface area contributed by atoms with Gasteiger partial charge in [0.05, 0.1) is 11.0 Å². The van der Waals surface area contributed by atoms with Gasteiger partial charge in [-0.2, -0.15) is 0 Å². The summed E-state index contributed by atoms with van der Waals surface area (Å²) in [7, 11) is 0. The van der Waals surface area contributed by atoms with Crippen LogP contribution in [0.5, 0.6) is 5.75 Å². The highest BCUT2D eigenvalue weighted by Crippen LogP contribution is 2.19. The fourth-order valence-corrected chi connectivity index (χ4v) is 2.42. The lowest BCUT2D eigenvalue weighted by Gasteiger charge is -2.18. The minimum absolute atomic E-state index is 0.0631. The summed E-state index contributed by atoms with van der Waals surface area (Å²) in [5, 5.41) is 13.4. The number of ether oxygens (including phenoxy) is 1. The molecule has 0 saturated heterocycles. The van der Waals surface area contributed by atoms with Gasteiger partial charge in [-0.25, -0.2) is 0 Å². The van der Waals surface area contributed by atoms with Gasteiger partial charge in [0.1, 0.15) is 5.75 Å². The summed E-state index contributed by atoms with van der Waals surface area (Å²) in [6.07, 6.45) is 0. The summed E-state index contributed by atoms with van der Waals surface area (Å²) < 4.78 is 5.28. The number of anilines is 1. The highest BCUT2D eigenvalue weighted by atomic mass is 16.6. The Labute approximate surface area is 156 Å². The number of non-ortho nitro benzene ring substituents is 1. The maximum Gasteiger partial charge on any atom is 0.273 e. The summed E-state index contributed by atoms with van der Waals surface area (Å²) in [5.74, 6) is -0.240. The third-order valence-corrected chi connectivity index (χ3v) is 3.86. The summed E-state index contributed by atoms with van der Waals surface area (Å²) in [6, 6.07) is 12.2. The lowest BCUT2D eigenvalue weighted by Crippen LogP contribution is -2.30. The number of nitrogens with one attached hydrogen (secondary N) is 1. The molecule has 2 aromatic rings. The fourth-order valence-electron chi connectivity index (χ4n) is 2.42. The second-order valence-corrected chi connectivity index (χ2v) is 5.65. The van der Waals surface area contributed by atoms with E-state index in [-0.39, 0.29) is 24.0 Å². The lowest BCUT2D eigenvalue weighted by molar-refractivity contribution is -0.384. The molecule has 27 heavy (non-hydrogen) atoms. The topological polar surface area (TPSA) is 102 Å². The number of benzene rings is 2. The van der Waals surface area contributed by atoms with Crippen LogP contribution in [0.1, 0.15) is 24.2 Å². The van der Waals surface area contributed by atoms with E-state index in [1.54, 1.807) is 29.2 Å². The zero-order valence-electron chi connectivity index (χ0n) is 15.2. The maximum atomic E-state index is 12.2. The first-order chi connectivity index (χ1) is 12.9. The monoisotopic (exact) mass is 371 g/mol. The maximum absolute atomic E-state index is 12.2. The van der Waals surface area contributed by atoms with Crippen molar-refractivity contribution in [3.8, 4) is 5.75 Å². The molecule has 1 N–H and O–H groups in total. The number of hydrogen-bond donors (Lipinski definition) is 1. The van der Waals surface area contributed by atoms with Crippen LogP contribution in [-0.4, -0.2) is 41.3 Å². The Morgan fingerprint density at radius 1 is 1.11 bits per heavy atom. The first-order valence-corrected chi connectivity index (χ1v) is 8.51. The van der Waals surface area contributed by atoms with Crippen LogP contribution in [0, 0.1) is 10.1 Å². The Hall–Kier alpha value is -3.42. The molecule has 0 spiro atoms. The van der Waals surface area contributed by atoms with E-state index in [4.69, 9.17) is 4.74 Å². The molecule has 0 saturated carbocycles. The van der Waals surface area contributed by atoms with Gasteiger partial charge in [-0.1, -0.05) is 6.07 Å². The van der Waals surface area contributed by atoms with Crippen LogP contribution in [0.4, 0.5) is 11.4 Å². The zero-order valence-corrected chi connectivity index (χ0v) is 15.2. The van der Waals surface area contributed by atoms with Crippen LogP contribution in [0.3, 0.4) is 0 Å². The average molecular weight is 371 g/mol. The van der Waals surface area contributed by atoms with E-state index in [0.717, 1.165) is 0 Å². The highest BCUT2D eigenvalue weighted by molar-refractivity contribution is 5.96. The van der Waals surface area contributed by atoms with Crippen molar-refractivity contribution in [2.24, 2.45) is 0 Å². The van der Waals surface area contributed by atoms with E-state index in [2.05, 4.69) is 5.32 Å². The van der Waals surface area contributed by atoms with Crippen LogP contribution < -0.4 is 10.1 Å². The van der Waals surface area contributed by atoms with Crippen molar-refractivity contribution in [2.75, 3.05) is 25.0 Å². The second-order valence-electron chi connectivity index (χ2n) is 5.65. The van der Waals surface area contributed by atoms with E-state index >= 15 is 0 Å². The van der Waals surface area contributed by atoms with Crippen molar-refractivity contribution in [3.63, 3.8) is 0 Å². The molecule has 0 aliphatic heterocycles. The first kappa shape index (κ1) is 19.9. The van der Waals surface area contributed by atoms with Gasteiger partial charge in [0.2, 0.25) is 0 Å². The van der Waals surface area contributed by atoms with Crippen molar-refractivity contribution < 1.29 is 19.2 Å². The van der Waals surface area contributed by atoms with Crippen LogP contribution >= 0.6 is 0 Å². The van der Waals surface area contributed by atoms with Crippen molar-refractivity contribution in [1.29, 1.82) is 0 Å². The number of carbonyl (C=O) groups excluding carboxylic acids is 2. The molecule has 0 radical (unpaired) electrons. The molecule has 0 aliphatic rings. The Balaban J connectivity index is 1.91. The third-order valence-electron chi connectivity index (χ3n) is 3.86. The number of hydrogen-bond acceptors (Lipinski definition) is 5. The van der Waals surface area contributed by atoms with Gasteiger partial charge in [0.15, 0.2) is 6.61 Å². The Morgan fingerprint density at radius 2 is 1.78 bits per heavy atom. The summed E-state index contributed by atoms with van der Waals surface area (Å²) in [6.45, 7) is 4.79. The van der Waals surface area contributed by atoms with E-state index in [1.165, 1.54) is 24.3 Å². The molecule has 0 fully saturated rings.